The molecule has 0 fully saturated rings. The average Bonchev–Trinajstić information content (AvgIpc) is 2.98. The first-order valence-corrected chi connectivity index (χ1v) is 11.3. The summed E-state index contributed by atoms with van der Waals surface area (Å²) in [6.07, 6.45) is 0. The van der Waals surface area contributed by atoms with Crippen molar-refractivity contribution in [2.24, 2.45) is 0 Å². The minimum absolute atomic E-state index is 1.54. The van der Waals surface area contributed by atoms with Crippen LogP contribution >= 0.6 is 11.8 Å². The summed E-state index contributed by atoms with van der Waals surface area (Å²) < 4.78 is 240. The molecule has 4 heterocycles. The monoisotopic (exact) mass is 692 g/mol. The lowest BCUT2D eigenvalue weighted by Gasteiger charge is -2.33. The van der Waals surface area contributed by atoms with E-state index in [0.29, 0.717) is 0 Å². The van der Waals surface area contributed by atoms with Gasteiger partial charge in [-0.3, -0.25) is 0 Å². The predicted molar refractivity (Wildman–Crippen MR) is 107 cm³/mol. The topological polar surface area (TPSA) is 79.2 Å². The fraction of sp³-hybridized carbons (Fsp3) is 0.0476. The normalized spacial score (nSPS) is 11.6. The zero-order chi connectivity index (χ0) is 33.7. The lowest BCUT2D eigenvalue weighted by molar-refractivity contribution is -0.184. The Labute approximate surface area is 238 Å². The second-order valence-electron chi connectivity index (χ2n) is 7.51. The Bertz CT molecular complexity index is 1490. The summed E-state index contributed by atoms with van der Waals surface area (Å²) in [6.45, 7) is 0. The third-order valence-corrected chi connectivity index (χ3v) is 5.80. The van der Waals surface area contributed by atoms with Crippen molar-refractivity contribution in [2.45, 2.75) is 10.2 Å². The number of rotatable bonds is 8. The van der Waals surface area contributed by atoms with Crippen LogP contribution in [-0.2, 0) is 0 Å². The summed E-state index contributed by atoms with van der Waals surface area (Å²) in [5, 5.41) is -4.96. The highest BCUT2D eigenvalue weighted by molar-refractivity contribution is 8.00. The van der Waals surface area contributed by atoms with Crippen molar-refractivity contribution in [3.05, 3.63) is 94.1 Å². The number of thioether (sulfide) groups is 1. The van der Waals surface area contributed by atoms with Crippen LogP contribution in [0.4, 0.5) is 70.2 Å². The molecule has 0 bridgehead atoms. The molecule has 4 aromatic rings. The maximum absolute atomic E-state index is 14.6. The number of nitrogens with zero attached hydrogens (tertiary/aromatic N) is 4. The van der Waals surface area contributed by atoms with Gasteiger partial charge in [0.05, 0.1) is 4.90 Å². The Morgan fingerprint density at radius 3 is 0.756 bits per heavy atom. The quantitative estimate of drug-likeness (QED) is 0.0906. The molecule has 0 N–H and O–H groups in total. The van der Waals surface area contributed by atoms with Crippen LogP contribution in [0.15, 0.2) is 4.90 Å². The molecule has 0 atom stereocenters. The van der Waals surface area contributed by atoms with Crippen molar-refractivity contribution in [1.29, 1.82) is 0 Å². The van der Waals surface area contributed by atoms with Gasteiger partial charge in [0.25, 0.3) is 47.6 Å². The molecule has 4 rings (SSSR count). The van der Waals surface area contributed by atoms with Crippen LogP contribution in [0.25, 0.3) is 0 Å². The minimum atomic E-state index is -4.96. The largest absolute Gasteiger partial charge is 0.480 e. The Kier molecular flexibility index (Phi) is 8.81. The number of ether oxygens (including phenoxy) is 3. The van der Waals surface area contributed by atoms with E-state index >= 15 is 0 Å². The van der Waals surface area contributed by atoms with Crippen molar-refractivity contribution in [2.75, 3.05) is 0 Å². The van der Waals surface area contributed by atoms with Gasteiger partial charge in [-0.15, -0.1) is 0 Å². The summed E-state index contributed by atoms with van der Waals surface area (Å²) in [5.41, 5.74) is 0. The molecule has 0 aliphatic heterocycles. The lowest BCUT2D eigenvalue weighted by Crippen LogP contribution is -2.47. The molecule has 7 nitrogen and oxygen atoms in total. The molecule has 240 valence electrons. The molecule has 0 unspecified atom stereocenters. The van der Waals surface area contributed by atoms with Crippen molar-refractivity contribution in [3.63, 3.8) is 0 Å². The number of hydrogen-bond donors (Lipinski definition) is 0. The standard InChI is InChI=1S/C21F16N4O3S/c22-1-9(2(23)14(31)38-13(1)30)42-21(43-10-3(24)15(32)39-16(33)4(10)25,44-11-5(26)17(34)40-18(35)6(11)27)45-12-7(28)19(36)41-20(37)8(12)29. The zero-order valence-electron chi connectivity index (χ0n) is 20.0. The SMILES string of the molecule is Fc1nc(F)c(F)c(OC(Oc2c(F)c(F)nc(F)c2F)(Oc2c(F)c(F)nc(F)c2F)Sc2c(F)c(F)nc(F)c2F)c1F. The fourth-order valence-corrected chi connectivity index (χ4v) is 3.83. The maximum atomic E-state index is 14.6. The number of hydrogen-bond acceptors (Lipinski definition) is 8. The molecule has 0 radical (unpaired) electrons. The van der Waals surface area contributed by atoms with Gasteiger partial charge in [0.15, 0.2) is 11.6 Å². The molecule has 0 amide bonds. The molecular weight excluding hydrogens is 692 g/mol. The Balaban J connectivity index is 2.15. The molecular formula is C21F16N4O3S. The van der Waals surface area contributed by atoms with Crippen LogP contribution < -0.4 is 14.2 Å². The van der Waals surface area contributed by atoms with Gasteiger partial charge < -0.3 is 14.2 Å². The van der Waals surface area contributed by atoms with E-state index in [1.807, 2.05) is 15.0 Å². The molecule has 24 heteroatoms. The van der Waals surface area contributed by atoms with Crippen molar-refractivity contribution < 1.29 is 84.5 Å². The average molecular weight is 692 g/mol. The van der Waals surface area contributed by atoms with Gasteiger partial charge in [-0.05, 0) is 0 Å². The van der Waals surface area contributed by atoms with Crippen LogP contribution in [0.5, 0.6) is 17.2 Å². The summed E-state index contributed by atoms with van der Waals surface area (Å²) in [4.78, 5) is 5.79. The molecule has 4 aromatic heterocycles. The highest BCUT2D eigenvalue weighted by Gasteiger charge is 2.49. The van der Waals surface area contributed by atoms with Gasteiger partial charge in [0, 0.05) is 11.8 Å². The van der Waals surface area contributed by atoms with E-state index in [9.17, 15) is 70.2 Å². The van der Waals surface area contributed by atoms with Crippen molar-refractivity contribution in [3.8, 4) is 17.2 Å². The van der Waals surface area contributed by atoms with Gasteiger partial charge in [-0.2, -0.15) is 81.4 Å². The Hall–Kier alpha value is -4.77. The van der Waals surface area contributed by atoms with E-state index in [4.69, 9.17) is 0 Å². The molecule has 0 saturated heterocycles. The lowest BCUT2D eigenvalue weighted by atomic mass is 10.4. The van der Waals surface area contributed by atoms with Gasteiger partial charge in [-0.1, -0.05) is 0 Å². The van der Waals surface area contributed by atoms with Gasteiger partial charge >= 0.3 is 5.31 Å². The molecule has 0 spiro atoms. The van der Waals surface area contributed by atoms with Crippen LogP contribution in [0.2, 0.25) is 0 Å². The Morgan fingerprint density at radius 2 is 0.533 bits per heavy atom. The van der Waals surface area contributed by atoms with E-state index in [1.54, 1.807) is 0 Å². The van der Waals surface area contributed by atoms with Crippen LogP contribution in [0.3, 0.4) is 0 Å². The van der Waals surface area contributed by atoms with E-state index in [-0.39, 0.29) is 0 Å². The van der Waals surface area contributed by atoms with Gasteiger partial charge in [0.1, 0.15) is 0 Å². The minimum Gasteiger partial charge on any atom is -0.405 e. The third-order valence-electron chi connectivity index (χ3n) is 4.74. The van der Waals surface area contributed by atoms with Crippen LogP contribution in [0, 0.1) is 94.1 Å². The molecule has 0 aliphatic rings. The van der Waals surface area contributed by atoms with Gasteiger partial charge in [-0.25, -0.2) is 8.78 Å². The molecule has 0 saturated carbocycles. The Morgan fingerprint density at radius 1 is 0.333 bits per heavy atom. The van der Waals surface area contributed by atoms with Gasteiger partial charge in [0.2, 0.25) is 52.2 Å². The first-order chi connectivity index (χ1) is 20.9. The molecule has 0 aromatic carbocycles. The first kappa shape index (κ1) is 33.1. The van der Waals surface area contributed by atoms with Crippen LogP contribution in [-0.4, -0.2) is 25.2 Å². The summed E-state index contributed by atoms with van der Waals surface area (Å²) in [6, 6.07) is 0. The second-order valence-corrected chi connectivity index (χ2v) is 8.62. The number of pyridine rings is 4. The first-order valence-electron chi connectivity index (χ1n) is 10.4. The number of halogens is 16. The maximum Gasteiger partial charge on any atom is 0.480 e. The fourth-order valence-electron chi connectivity index (χ4n) is 2.86. The molecule has 45 heavy (non-hydrogen) atoms. The summed E-state index contributed by atoms with van der Waals surface area (Å²) in [7, 11) is 0. The van der Waals surface area contributed by atoms with E-state index < -0.39 is 133 Å². The smallest absolute Gasteiger partial charge is 0.405 e. The predicted octanol–water partition coefficient (Wildman–Crippen LogP) is 6.43. The van der Waals surface area contributed by atoms with Crippen molar-refractivity contribution >= 4 is 11.8 Å². The third kappa shape index (κ3) is 6.00. The van der Waals surface area contributed by atoms with Crippen LogP contribution in [0.1, 0.15) is 0 Å². The summed E-state index contributed by atoms with van der Waals surface area (Å²) >= 11 is -1.54. The zero-order valence-corrected chi connectivity index (χ0v) is 20.8. The highest BCUT2D eigenvalue weighted by atomic mass is 32.2. The van der Waals surface area contributed by atoms with E-state index in [2.05, 4.69) is 19.2 Å². The second kappa shape index (κ2) is 12.0. The number of aromatic nitrogens is 4. The summed E-state index contributed by atoms with van der Waals surface area (Å²) in [5.74, 6) is -52.2. The molecule has 0 aliphatic carbocycles. The highest BCUT2D eigenvalue weighted by Crippen LogP contribution is 2.45. The van der Waals surface area contributed by atoms with E-state index in [0.717, 1.165) is 0 Å². The van der Waals surface area contributed by atoms with Crippen molar-refractivity contribution in [1.82, 2.24) is 19.9 Å². The van der Waals surface area contributed by atoms with E-state index in [1.165, 1.54) is 0 Å².